The number of alkyl halides is 3. The molecule has 4 aromatic rings. The van der Waals surface area contributed by atoms with Crippen molar-refractivity contribution >= 4 is 40.3 Å². The van der Waals surface area contributed by atoms with Gasteiger partial charge in [0.25, 0.3) is 0 Å². The van der Waals surface area contributed by atoms with E-state index in [-0.39, 0.29) is 16.9 Å². The number of ether oxygens (including phenoxy) is 2. The zero-order valence-electron chi connectivity index (χ0n) is 21.0. The summed E-state index contributed by atoms with van der Waals surface area (Å²) in [6, 6.07) is 9.43. The van der Waals surface area contributed by atoms with Crippen LogP contribution in [0, 0.1) is 11.5 Å². The molecule has 0 unspecified atom stereocenters. The van der Waals surface area contributed by atoms with E-state index in [1.807, 2.05) is 18.2 Å². The fourth-order valence-electron chi connectivity index (χ4n) is 2.81. The van der Waals surface area contributed by atoms with E-state index >= 15 is 0 Å². The first-order chi connectivity index (χ1) is 17.7. The Kier molecular flexibility index (Phi) is 8.43. The van der Waals surface area contributed by atoms with Crippen LogP contribution in [0.2, 0.25) is 19.6 Å². The molecular formula is C24H23F3N4O5SSi. The molecule has 0 N–H and O–H groups in total. The largest absolute Gasteiger partial charge is 0.534 e. The monoisotopic (exact) mass is 564 g/mol. The fourth-order valence-corrected chi connectivity index (χ4v) is 3.78. The molecule has 0 spiro atoms. The van der Waals surface area contributed by atoms with Crippen molar-refractivity contribution < 1.29 is 35.2 Å². The molecule has 0 aliphatic heterocycles. The number of pyridine rings is 4. The molecule has 0 radical (unpaired) electrons. The molecule has 0 atom stereocenters. The van der Waals surface area contributed by atoms with E-state index in [2.05, 4.69) is 55.2 Å². The lowest BCUT2D eigenvalue weighted by molar-refractivity contribution is -0.0499. The number of rotatable bonds is 4. The summed E-state index contributed by atoms with van der Waals surface area (Å²) >= 11 is 0. The molecular weight excluding hydrogens is 541 g/mol. The zero-order chi connectivity index (χ0) is 28.1. The van der Waals surface area contributed by atoms with E-state index in [9.17, 15) is 21.6 Å². The summed E-state index contributed by atoms with van der Waals surface area (Å²) in [5.74, 6) is 3.33. The second kappa shape index (κ2) is 11.2. The van der Waals surface area contributed by atoms with Crippen LogP contribution in [0.15, 0.2) is 48.8 Å². The molecule has 0 saturated heterocycles. The van der Waals surface area contributed by atoms with Crippen LogP contribution in [-0.4, -0.2) is 56.2 Å². The Balaban J connectivity index is 0.000000212. The molecule has 38 heavy (non-hydrogen) atoms. The first-order valence-corrected chi connectivity index (χ1v) is 15.8. The van der Waals surface area contributed by atoms with Gasteiger partial charge in [-0.2, -0.15) is 21.6 Å². The Morgan fingerprint density at radius 1 is 0.816 bits per heavy atom. The van der Waals surface area contributed by atoms with Crippen molar-refractivity contribution in [3.8, 4) is 29.0 Å². The molecule has 4 rings (SSSR count). The topological polar surface area (TPSA) is 113 Å². The standard InChI is InChI=1S/C14H16N2OSi.C10H7F3N2O4S/c1-17-13-6-5-12-14(16-13)11(7-9-15-12)8-10-18(2,3)4;1-18-8-3-2-6-9(15-8)7(4-5-14-6)19-20(16,17)10(11,12)13/h5-7,9H,1-4H3;2-5H,1H3. The number of methoxy groups -OCH3 is 2. The van der Waals surface area contributed by atoms with Crippen molar-refractivity contribution in [1.82, 2.24) is 19.9 Å². The smallest absolute Gasteiger partial charge is 0.481 e. The second-order valence-electron chi connectivity index (χ2n) is 8.59. The van der Waals surface area contributed by atoms with E-state index in [4.69, 9.17) is 9.47 Å². The van der Waals surface area contributed by atoms with Gasteiger partial charge in [0.15, 0.2) is 5.75 Å². The summed E-state index contributed by atoms with van der Waals surface area (Å²) in [7, 11) is -4.25. The van der Waals surface area contributed by atoms with E-state index in [1.165, 1.54) is 19.2 Å². The lowest BCUT2D eigenvalue weighted by Gasteiger charge is -2.10. The van der Waals surface area contributed by atoms with Crippen LogP contribution in [0.25, 0.3) is 22.1 Å². The Morgan fingerprint density at radius 2 is 1.34 bits per heavy atom. The third kappa shape index (κ3) is 7.08. The van der Waals surface area contributed by atoms with E-state index in [0.29, 0.717) is 5.88 Å². The van der Waals surface area contributed by atoms with Crippen molar-refractivity contribution in [2.24, 2.45) is 0 Å². The first kappa shape index (κ1) is 28.6. The van der Waals surface area contributed by atoms with Gasteiger partial charge >= 0.3 is 15.6 Å². The van der Waals surface area contributed by atoms with Gasteiger partial charge in [-0.05, 0) is 18.2 Å². The molecule has 9 nitrogen and oxygen atoms in total. The lowest BCUT2D eigenvalue weighted by atomic mass is 10.2. The molecule has 0 fully saturated rings. The number of aromatic nitrogens is 4. The molecule has 4 aromatic heterocycles. The summed E-state index contributed by atoms with van der Waals surface area (Å²) in [5.41, 5.74) is 0.407. The number of halogens is 3. The average Bonchev–Trinajstić information content (AvgIpc) is 2.86. The molecule has 0 saturated carbocycles. The number of nitrogens with zero attached hydrogens (tertiary/aromatic N) is 4. The third-order valence-electron chi connectivity index (χ3n) is 4.55. The highest BCUT2D eigenvalue weighted by Gasteiger charge is 2.48. The minimum Gasteiger partial charge on any atom is -0.481 e. The van der Waals surface area contributed by atoms with Gasteiger partial charge in [-0.15, -0.1) is 5.54 Å². The maximum Gasteiger partial charge on any atom is 0.534 e. The van der Waals surface area contributed by atoms with Crippen molar-refractivity contribution in [3.63, 3.8) is 0 Å². The minimum atomic E-state index is -5.77. The maximum absolute atomic E-state index is 12.3. The highest BCUT2D eigenvalue weighted by molar-refractivity contribution is 7.88. The van der Waals surface area contributed by atoms with Crippen molar-refractivity contribution in [3.05, 3.63) is 54.4 Å². The lowest BCUT2D eigenvalue weighted by Crippen LogP contribution is -2.28. The van der Waals surface area contributed by atoms with Crippen LogP contribution < -0.4 is 13.7 Å². The molecule has 0 amide bonds. The number of hydrogen-bond donors (Lipinski definition) is 0. The molecule has 200 valence electrons. The number of fused-ring (bicyclic) bond motifs is 2. The normalized spacial score (nSPS) is 11.7. The van der Waals surface area contributed by atoms with Gasteiger partial charge in [-0.1, -0.05) is 25.6 Å². The van der Waals surface area contributed by atoms with E-state index in [0.717, 1.165) is 28.9 Å². The maximum atomic E-state index is 12.3. The minimum absolute atomic E-state index is 0.0831. The molecule has 0 aliphatic carbocycles. The van der Waals surface area contributed by atoms with Gasteiger partial charge in [0.05, 0.1) is 30.8 Å². The van der Waals surface area contributed by atoms with Crippen molar-refractivity contribution in [2.45, 2.75) is 25.1 Å². The van der Waals surface area contributed by atoms with E-state index in [1.54, 1.807) is 13.3 Å². The predicted octanol–water partition coefficient (Wildman–Crippen LogP) is 4.73. The van der Waals surface area contributed by atoms with Gasteiger partial charge in [0, 0.05) is 30.6 Å². The predicted molar refractivity (Wildman–Crippen MR) is 138 cm³/mol. The first-order valence-electron chi connectivity index (χ1n) is 10.9. The summed E-state index contributed by atoms with van der Waals surface area (Å²) < 4.78 is 72.9. The number of hydrogen-bond acceptors (Lipinski definition) is 9. The molecule has 0 aromatic carbocycles. The van der Waals surface area contributed by atoms with Crippen LogP contribution >= 0.6 is 0 Å². The molecule has 4 heterocycles. The summed E-state index contributed by atoms with van der Waals surface area (Å²) in [4.78, 5) is 16.4. The van der Waals surface area contributed by atoms with Crippen LogP contribution in [-0.2, 0) is 10.1 Å². The molecule has 0 aliphatic rings. The highest BCUT2D eigenvalue weighted by atomic mass is 32.2. The van der Waals surface area contributed by atoms with Crippen molar-refractivity contribution in [2.75, 3.05) is 14.2 Å². The Labute approximate surface area is 218 Å². The van der Waals surface area contributed by atoms with Gasteiger partial charge in [-0.25, -0.2) is 9.97 Å². The SMILES string of the molecule is COc1ccc2nccc(C#C[Si](C)(C)C)c2n1.COc1ccc2nccc(OS(=O)(=O)C(F)(F)F)c2n1. The van der Waals surface area contributed by atoms with E-state index < -0.39 is 29.4 Å². The van der Waals surface area contributed by atoms with Gasteiger partial charge in [0.2, 0.25) is 11.8 Å². The average molecular weight is 565 g/mol. The Hall–Kier alpha value is -3.96. The quantitative estimate of drug-likeness (QED) is 0.150. The Bertz CT molecular complexity index is 1630. The summed E-state index contributed by atoms with van der Waals surface area (Å²) in [6.07, 6.45) is 2.88. The van der Waals surface area contributed by atoms with Crippen LogP contribution in [0.4, 0.5) is 13.2 Å². The summed E-state index contributed by atoms with van der Waals surface area (Å²) in [5, 5.41) is 0. The van der Waals surface area contributed by atoms with Crippen LogP contribution in [0.3, 0.4) is 0 Å². The second-order valence-corrected chi connectivity index (χ2v) is 14.9. The Morgan fingerprint density at radius 3 is 1.87 bits per heavy atom. The van der Waals surface area contributed by atoms with Crippen molar-refractivity contribution in [1.29, 1.82) is 0 Å². The van der Waals surface area contributed by atoms with Gasteiger partial charge in [-0.3, -0.25) is 9.97 Å². The third-order valence-corrected chi connectivity index (χ3v) is 6.39. The van der Waals surface area contributed by atoms with Crippen LogP contribution in [0.5, 0.6) is 17.5 Å². The van der Waals surface area contributed by atoms with Gasteiger partial charge < -0.3 is 13.7 Å². The fraction of sp³-hybridized carbons (Fsp3) is 0.250. The highest BCUT2D eigenvalue weighted by Crippen LogP contribution is 2.30. The zero-order valence-corrected chi connectivity index (χ0v) is 22.8. The van der Waals surface area contributed by atoms with Gasteiger partial charge in [0.1, 0.15) is 19.1 Å². The molecule has 14 heteroatoms. The van der Waals surface area contributed by atoms with Crippen LogP contribution in [0.1, 0.15) is 5.56 Å². The molecule has 0 bridgehead atoms. The summed E-state index contributed by atoms with van der Waals surface area (Å²) in [6.45, 7) is 6.66.